The molecule has 2 heterocycles. The van der Waals surface area contributed by atoms with Crippen molar-refractivity contribution < 1.29 is 19.5 Å². The molecular weight excluding hydrogens is 360 g/mol. The van der Waals surface area contributed by atoms with Gasteiger partial charge in [0.25, 0.3) is 5.91 Å². The molecule has 0 bridgehead atoms. The second-order valence-corrected chi connectivity index (χ2v) is 7.11. The van der Waals surface area contributed by atoms with Crippen molar-refractivity contribution >= 4 is 23.5 Å². The second-order valence-electron chi connectivity index (χ2n) is 7.11. The molecule has 2 aromatic rings. The standard InChI is InChI=1S/C20H24N4O4/c1-13-11-14(2)24(22-13)12-18(25)21-17-5-3-15(4-6-17)19(26)23-9-7-16(8-10-23)20(27)28/h3-6,11,16H,7-10,12H2,1-2H3,(H,21,25)(H,27,28). The molecule has 1 aliphatic heterocycles. The van der Waals surface area contributed by atoms with Crippen LogP contribution in [0.4, 0.5) is 5.69 Å². The second kappa shape index (κ2) is 8.24. The number of nitrogens with zero attached hydrogens (tertiary/aromatic N) is 3. The Balaban J connectivity index is 1.56. The molecule has 0 aliphatic carbocycles. The minimum absolute atomic E-state index is 0.121. The van der Waals surface area contributed by atoms with E-state index in [1.165, 1.54) is 0 Å². The molecular formula is C20H24N4O4. The molecule has 148 valence electrons. The molecule has 0 spiro atoms. The van der Waals surface area contributed by atoms with E-state index >= 15 is 0 Å². The molecule has 1 fully saturated rings. The summed E-state index contributed by atoms with van der Waals surface area (Å²) in [6, 6.07) is 8.63. The summed E-state index contributed by atoms with van der Waals surface area (Å²) >= 11 is 0. The predicted octanol–water partition coefficient (Wildman–Crippen LogP) is 2.08. The Labute approximate surface area is 163 Å². The molecule has 3 rings (SSSR count). The molecule has 1 aliphatic rings. The minimum atomic E-state index is -0.798. The predicted molar refractivity (Wildman–Crippen MR) is 103 cm³/mol. The SMILES string of the molecule is Cc1cc(C)n(CC(=O)Nc2ccc(C(=O)N3CCC(C(=O)O)CC3)cc2)n1. The topological polar surface area (TPSA) is 105 Å². The summed E-state index contributed by atoms with van der Waals surface area (Å²) in [4.78, 5) is 37.5. The first-order valence-electron chi connectivity index (χ1n) is 9.26. The number of aliphatic carboxylic acids is 1. The van der Waals surface area contributed by atoms with Crippen molar-refractivity contribution in [2.24, 2.45) is 5.92 Å². The number of carbonyl (C=O) groups excluding carboxylic acids is 2. The van der Waals surface area contributed by atoms with Gasteiger partial charge in [0.1, 0.15) is 6.54 Å². The van der Waals surface area contributed by atoms with Crippen molar-refractivity contribution in [2.45, 2.75) is 33.2 Å². The first-order valence-corrected chi connectivity index (χ1v) is 9.26. The summed E-state index contributed by atoms with van der Waals surface area (Å²) in [5, 5.41) is 16.1. The van der Waals surface area contributed by atoms with Gasteiger partial charge in [0.05, 0.1) is 11.6 Å². The Morgan fingerprint density at radius 2 is 1.79 bits per heavy atom. The van der Waals surface area contributed by atoms with Crippen LogP contribution in [0.2, 0.25) is 0 Å². The highest BCUT2D eigenvalue weighted by molar-refractivity contribution is 5.96. The number of hydrogen-bond acceptors (Lipinski definition) is 4. The number of aryl methyl sites for hydroxylation is 2. The van der Waals surface area contributed by atoms with Crippen molar-refractivity contribution in [3.05, 3.63) is 47.3 Å². The van der Waals surface area contributed by atoms with Crippen molar-refractivity contribution in [3.63, 3.8) is 0 Å². The first kappa shape index (κ1) is 19.6. The van der Waals surface area contributed by atoms with Gasteiger partial charge in [-0.25, -0.2) is 0 Å². The van der Waals surface area contributed by atoms with E-state index in [-0.39, 0.29) is 24.3 Å². The Morgan fingerprint density at radius 3 is 2.32 bits per heavy atom. The molecule has 0 atom stereocenters. The average molecular weight is 384 g/mol. The fourth-order valence-electron chi connectivity index (χ4n) is 3.38. The fourth-order valence-corrected chi connectivity index (χ4v) is 3.38. The fraction of sp³-hybridized carbons (Fsp3) is 0.400. The molecule has 8 heteroatoms. The number of rotatable bonds is 5. The molecule has 2 N–H and O–H groups in total. The zero-order valence-electron chi connectivity index (χ0n) is 16.0. The molecule has 0 saturated carbocycles. The van der Waals surface area contributed by atoms with Gasteiger partial charge in [-0.05, 0) is 57.0 Å². The number of amides is 2. The van der Waals surface area contributed by atoms with Gasteiger partial charge in [0, 0.05) is 30.0 Å². The van der Waals surface area contributed by atoms with Crippen LogP contribution >= 0.6 is 0 Å². The summed E-state index contributed by atoms with van der Waals surface area (Å²) in [7, 11) is 0. The third-order valence-electron chi connectivity index (χ3n) is 4.94. The number of piperidine rings is 1. The monoisotopic (exact) mass is 384 g/mol. The quantitative estimate of drug-likeness (QED) is 0.821. The van der Waals surface area contributed by atoms with E-state index in [4.69, 9.17) is 5.11 Å². The summed E-state index contributed by atoms with van der Waals surface area (Å²) in [6.45, 7) is 4.78. The smallest absolute Gasteiger partial charge is 0.306 e. The lowest BCUT2D eigenvalue weighted by Crippen LogP contribution is -2.40. The zero-order chi connectivity index (χ0) is 20.3. The maximum absolute atomic E-state index is 12.6. The zero-order valence-corrected chi connectivity index (χ0v) is 16.0. The van der Waals surface area contributed by atoms with Crippen LogP contribution in [-0.2, 0) is 16.1 Å². The molecule has 0 unspecified atom stereocenters. The van der Waals surface area contributed by atoms with E-state index in [0.717, 1.165) is 11.4 Å². The number of carboxylic acid groups (broad SMARTS) is 1. The van der Waals surface area contributed by atoms with Gasteiger partial charge in [-0.2, -0.15) is 5.10 Å². The van der Waals surface area contributed by atoms with Crippen LogP contribution in [-0.4, -0.2) is 50.7 Å². The van der Waals surface area contributed by atoms with Gasteiger partial charge in [-0.3, -0.25) is 19.1 Å². The van der Waals surface area contributed by atoms with Crippen LogP contribution < -0.4 is 5.32 Å². The van der Waals surface area contributed by atoms with Gasteiger partial charge >= 0.3 is 5.97 Å². The largest absolute Gasteiger partial charge is 0.481 e. The summed E-state index contributed by atoms with van der Waals surface area (Å²) in [5.74, 6) is -1.48. The van der Waals surface area contributed by atoms with E-state index in [0.29, 0.717) is 37.2 Å². The van der Waals surface area contributed by atoms with Gasteiger partial charge in [0.15, 0.2) is 0 Å². The van der Waals surface area contributed by atoms with E-state index < -0.39 is 5.97 Å². The molecule has 1 aromatic carbocycles. The minimum Gasteiger partial charge on any atom is -0.481 e. The van der Waals surface area contributed by atoms with E-state index in [1.54, 1.807) is 33.8 Å². The lowest BCUT2D eigenvalue weighted by Gasteiger charge is -2.30. The summed E-state index contributed by atoms with van der Waals surface area (Å²) < 4.78 is 1.64. The number of benzene rings is 1. The number of likely N-dealkylation sites (tertiary alicyclic amines) is 1. The van der Waals surface area contributed by atoms with Crippen LogP contribution in [0.5, 0.6) is 0 Å². The van der Waals surface area contributed by atoms with Crippen LogP contribution in [0.15, 0.2) is 30.3 Å². The maximum atomic E-state index is 12.6. The number of carbonyl (C=O) groups is 3. The highest BCUT2D eigenvalue weighted by Crippen LogP contribution is 2.20. The van der Waals surface area contributed by atoms with Gasteiger partial charge in [-0.15, -0.1) is 0 Å². The van der Waals surface area contributed by atoms with E-state index in [9.17, 15) is 14.4 Å². The number of anilines is 1. The summed E-state index contributed by atoms with van der Waals surface area (Å²) in [5.41, 5.74) is 2.90. The first-order chi connectivity index (χ1) is 13.3. The van der Waals surface area contributed by atoms with E-state index in [2.05, 4.69) is 10.4 Å². The molecule has 28 heavy (non-hydrogen) atoms. The normalized spacial score (nSPS) is 14.7. The Morgan fingerprint density at radius 1 is 1.14 bits per heavy atom. The van der Waals surface area contributed by atoms with Crippen LogP contribution in [0.3, 0.4) is 0 Å². The Kier molecular flexibility index (Phi) is 5.77. The van der Waals surface area contributed by atoms with Crippen LogP contribution in [0.1, 0.15) is 34.6 Å². The van der Waals surface area contributed by atoms with Crippen molar-refractivity contribution in [2.75, 3.05) is 18.4 Å². The Hall–Kier alpha value is -3.16. The van der Waals surface area contributed by atoms with E-state index in [1.807, 2.05) is 19.9 Å². The van der Waals surface area contributed by atoms with Crippen LogP contribution in [0, 0.1) is 19.8 Å². The maximum Gasteiger partial charge on any atom is 0.306 e. The number of aromatic nitrogens is 2. The number of carboxylic acids is 1. The number of hydrogen-bond donors (Lipinski definition) is 2. The molecule has 0 radical (unpaired) electrons. The van der Waals surface area contributed by atoms with Crippen molar-refractivity contribution in [3.8, 4) is 0 Å². The van der Waals surface area contributed by atoms with Crippen molar-refractivity contribution in [1.82, 2.24) is 14.7 Å². The van der Waals surface area contributed by atoms with Crippen LogP contribution in [0.25, 0.3) is 0 Å². The van der Waals surface area contributed by atoms with Gasteiger partial charge < -0.3 is 15.3 Å². The average Bonchev–Trinajstić information content (AvgIpc) is 2.98. The molecule has 1 aromatic heterocycles. The van der Waals surface area contributed by atoms with Gasteiger partial charge in [0.2, 0.25) is 5.91 Å². The third kappa shape index (κ3) is 4.57. The Bertz CT molecular complexity index is 880. The highest BCUT2D eigenvalue weighted by atomic mass is 16.4. The van der Waals surface area contributed by atoms with Gasteiger partial charge in [-0.1, -0.05) is 0 Å². The highest BCUT2D eigenvalue weighted by Gasteiger charge is 2.27. The molecule has 2 amide bonds. The lowest BCUT2D eigenvalue weighted by atomic mass is 9.96. The molecule has 8 nitrogen and oxygen atoms in total. The number of nitrogens with one attached hydrogen (secondary N) is 1. The molecule has 1 saturated heterocycles. The summed E-state index contributed by atoms with van der Waals surface area (Å²) in [6.07, 6.45) is 0.947. The third-order valence-corrected chi connectivity index (χ3v) is 4.94. The van der Waals surface area contributed by atoms with Crippen molar-refractivity contribution in [1.29, 1.82) is 0 Å². The lowest BCUT2D eigenvalue weighted by molar-refractivity contribution is -0.143.